The Morgan fingerprint density at radius 1 is 0.923 bits per heavy atom. The van der Waals surface area contributed by atoms with Gasteiger partial charge in [0.15, 0.2) is 0 Å². The van der Waals surface area contributed by atoms with Gasteiger partial charge in [-0.05, 0) is 95.6 Å². The number of hydrogen-bond acceptors (Lipinski definition) is 7. The van der Waals surface area contributed by atoms with E-state index in [1.54, 1.807) is 0 Å². The number of phenols is 1. The summed E-state index contributed by atoms with van der Waals surface area (Å²) >= 11 is 1.25. The van der Waals surface area contributed by atoms with Crippen molar-refractivity contribution in [2.45, 2.75) is 128 Å². The molecule has 3 aliphatic rings. The van der Waals surface area contributed by atoms with Gasteiger partial charge in [-0.3, -0.25) is 29.0 Å². The van der Waals surface area contributed by atoms with Gasteiger partial charge in [0.2, 0.25) is 16.8 Å². The third kappa shape index (κ3) is 11.6. The monoisotopic (exact) mass is 739 g/mol. The van der Waals surface area contributed by atoms with E-state index in [1.807, 2.05) is 6.07 Å². The molecule has 3 heterocycles. The molecule has 2 aromatic rings. The maximum absolute atomic E-state index is 12.7. The smallest absolute Gasteiger partial charge is 0.253 e. The largest absolute Gasteiger partial charge is 0.870 e. The first-order valence-corrected chi connectivity index (χ1v) is 19.9. The van der Waals surface area contributed by atoms with Crippen molar-refractivity contribution in [2.75, 3.05) is 26.2 Å². The minimum absolute atomic E-state index is 0. The third-order valence-electron chi connectivity index (χ3n) is 10.2. The number of rotatable bonds is 16. The van der Waals surface area contributed by atoms with Crippen LogP contribution in [0.1, 0.15) is 110 Å². The summed E-state index contributed by atoms with van der Waals surface area (Å²) in [6.45, 7) is 16.9. The first-order valence-electron chi connectivity index (χ1n) is 19.0. The molecule has 0 bridgehead atoms. The lowest BCUT2D eigenvalue weighted by atomic mass is 9.81. The molecule has 1 saturated heterocycles. The summed E-state index contributed by atoms with van der Waals surface area (Å²) in [5.41, 5.74) is 3.50. The Balaban J connectivity index is 0.00000605. The molecule has 0 radical (unpaired) electrons. The van der Waals surface area contributed by atoms with E-state index in [0.717, 1.165) is 75.4 Å². The van der Waals surface area contributed by atoms with Crippen LogP contribution in [0.5, 0.6) is 5.75 Å². The number of phenolic OH excluding ortho intramolecular Hbond substituents is 1. The molecule has 5 rings (SSSR count). The highest BCUT2D eigenvalue weighted by molar-refractivity contribution is 7.80. The maximum Gasteiger partial charge on any atom is 0.253 e. The molecule has 2 fully saturated rings. The van der Waals surface area contributed by atoms with E-state index in [9.17, 15) is 24.3 Å². The fraction of sp³-hybridized carbons (Fsp3) is 0.650. The lowest BCUT2D eigenvalue weighted by Gasteiger charge is -2.30. The summed E-state index contributed by atoms with van der Waals surface area (Å²) in [5, 5.41) is 19.5. The average molecular weight is 740 g/mol. The van der Waals surface area contributed by atoms with Gasteiger partial charge in [0.25, 0.3) is 11.8 Å². The minimum Gasteiger partial charge on any atom is -0.870 e. The average Bonchev–Trinajstić information content (AvgIpc) is 3.61. The molecule has 1 aromatic heterocycles. The van der Waals surface area contributed by atoms with Gasteiger partial charge in [-0.2, -0.15) is 0 Å². The van der Waals surface area contributed by atoms with Gasteiger partial charge >= 0.3 is 0 Å². The summed E-state index contributed by atoms with van der Waals surface area (Å²) in [4.78, 5) is 56.2. The van der Waals surface area contributed by atoms with Crippen molar-refractivity contribution < 1.29 is 29.8 Å². The number of aromatic amines is 1. The van der Waals surface area contributed by atoms with Crippen molar-refractivity contribution in [2.24, 2.45) is 17.3 Å². The molecule has 1 aliphatic carbocycles. The molecular weight excluding hydrogens is 679 g/mol. The topological polar surface area (TPSA) is 165 Å². The standard InChI is InChI=1S/C40H59N5O5S.H2O/c1-39(2,3)22-30-29-15-16-32(46)31(36(29)43-38(30)51-40(4,5)6)25-44-24-28(44)19-21-41-33(47)10-8-7-9-20-42-37(50)27-13-11-26(12-14-27)23-45-34(48)17-18-35(45)49;/h15-18,26-28,43,46H,7-14,19-25H2,1-6H3,(H,41,47)(H,42,50);1H2. The molecular formula is C40H61N5O6S. The van der Waals surface area contributed by atoms with Crippen LogP contribution >= 0.6 is 0 Å². The van der Waals surface area contributed by atoms with Crippen molar-refractivity contribution in [3.8, 4) is 5.75 Å². The Bertz CT molecular complexity index is 1600. The quantitative estimate of drug-likeness (QED) is 0.0592. The van der Waals surface area contributed by atoms with Crippen molar-refractivity contribution in [1.29, 1.82) is 0 Å². The summed E-state index contributed by atoms with van der Waals surface area (Å²) in [6, 6.07) is 4.31. The van der Waals surface area contributed by atoms with Crippen molar-refractivity contribution in [3.05, 3.63) is 35.4 Å². The van der Waals surface area contributed by atoms with Crippen LogP contribution in [0.2, 0.25) is 0 Å². The second-order valence-electron chi connectivity index (χ2n) is 17.1. The number of imide groups is 1. The van der Waals surface area contributed by atoms with Gasteiger partial charge in [-0.25, -0.2) is 0 Å². The Labute approximate surface area is 313 Å². The first-order chi connectivity index (χ1) is 24.1. The molecule has 0 spiro atoms. The van der Waals surface area contributed by atoms with Gasteiger partial charge in [-0.1, -0.05) is 27.2 Å². The van der Waals surface area contributed by atoms with Crippen LogP contribution in [0.15, 0.2) is 29.3 Å². The van der Waals surface area contributed by atoms with Crippen LogP contribution < -0.4 is 10.6 Å². The van der Waals surface area contributed by atoms with Crippen LogP contribution in [0, 0.1) is 17.3 Å². The molecule has 5 N–H and O–H groups in total. The number of unbranched alkanes of at least 4 members (excludes halogenated alkanes) is 2. The number of nitrogens with zero attached hydrogens (tertiary/aromatic N) is 2. The number of thiol groups is 1. The number of aromatic hydroxyl groups is 1. The Hall–Kier alpha value is -3.35. The highest BCUT2D eigenvalue weighted by Gasteiger charge is 2.36. The summed E-state index contributed by atoms with van der Waals surface area (Å²) in [7, 11) is 0. The van der Waals surface area contributed by atoms with Gasteiger partial charge in [0, 0.05) is 91.5 Å². The lowest BCUT2D eigenvalue weighted by Crippen LogP contribution is -2.38. The van der Waals surface area contributed by atoms with E-state index in [1.165, 1.54) is 44.8 Å². The molecule has 12 heteroatoms. The molecule has 2 aliphatic heterocycles. The Morgan fingerprint density at radius 2 is 1.62 bits per heavy atom. The number of carbonyl (C=O) groups excluding carboxylic acids is 4. The fourth-order valence-corrected chi connectivity index (χ4v) is 8.61. The third-order valence-corrected chi connectivity index (χ3v) is 11.5. The number of nitrogens with one attached hydrogen (secondary N) is 3. The molecule has 288 valence electrons. The predicted octanol–water partition coefficient (Wildman–Crippen LogP) is 5.36. The molecule has 1 saturated carbocycles. The Morgan fingerprint density at radius 3 is 2.27 bits per heavy atom. The number of H-pyrrole nitrogens is 1. The zero-order valence-electron chi connectivity index (χ0n) is 32.0. The fourth-order valence-electron chi connectivity index (χ4n) is 7.43. The Kier molecular flexibility index (Phi) is 14.1. The number of aromatic nitrogens is 1. The van der Waals surface area contributed by atoms with Crippen LogP contribution in [0.3, 0.4) is 0 Å². The number of fused-ring (bicyclic) bond motifs is 1. The molecule has 1 aromatic carbocycles. The summed E-state index contributed by atoms with van der Waals surface area (Å²) in [5.74, 6) is 0.260. The maximum atomic E-state index is 12.7. The normalized spacial score (nSPS) is 21.8. The minimum atomic E-state index is -0.238. The van der Waals surface area contributed by atoms with E-state index in [0.29, 0.717) is 44.4 Å². The summed E-state index contributed by atoms with van der Waals surface area (Å²) in [6.07, 6.45) is 10.7. The zero-order chi connectivity index (χ0) is 36.9. The van der Waals surface area contributed by atoms with Crippen LogP contribution in [0.25, 0.3) is 10.9 Å². The number of carbonyl (C=O) groups is 4. The highest BCUT2D eigenvalue weighted by Crippen LogP contribution is 2.38. The van der Waals surface area contributed by atoms with E-state index in [4.69, 9.17) is 0 Å². The summed E-state index contributed by atoms with van der Waals surface area (Å²) < 4.78 is 0.117. The lowest BCUT2D eigenvalue weighted by molar-refractivity contribution is -0.138. The predicted molar refractivity (Wildman–Crippen MR) is 206 cm³/mol. The first kappa shape index (κ1) is 41.4. The molecule has 2 unspecified atom stereocenters. The molecule has 52 heavy (non-hydrogen) atoms. The van der Waals surface area contributed by atoms with Crippen molar-refractivity contribution in [1.82, 2.24) is 25.4 Å². The van der Waals surface area contributed by atoms with Crippen LogP contribution in [-0.2, 0) is 43.9 Å². The van der Waals surface area contributed by atoms with Gasteiger partial charge in [0.1, 0.15) is 10.5 Å². The second-order valence-corrected chi connectivity index (χ2v) is 19.1. The molecule has 2 atom stereocenters. The van der Waals surface area contributed by atoms with E-state index >= 15 is 0 Å². The number of benzene rings is 1. The molecule has 11 nitrogen and oxygen atoms in total. The van der Waals surface area contributed by atoms with Crippen LogP contribution in [0.4, 0.5) is 0 Å². The van der Waals surface area contributed by atoms with E-state index in [-0.39, 0.29) is 51.1 Å². The van der Waals surface area contributed by atoms with Gasteiger partial charge < -0.3 is 26.2 Å². The van der Waals surface area contributed by atoms with E-state index in [2.05, 4.69) is 68.1 Å². The van der Waals surface area contributed by atoms with Crippen molar-refractivity contribution in [3.63, 3.8) is 0 Å². The SMILES string of the molecule is CC(C)(C)Cc1c([SH+]C(C)(C)C)[nH]c2c(CN3CC3CCNC(=O)CCCCCNC(=O)C3CCC(CN4C(=O)C=CC4=O)CC3)c(O)ccc12.[OH-]. The number of hydrogen-bond donors (Lipinski definition) is 4. The molecule has 4 amide bonds. The number of amides is 4. The van der Waals surface area contributed by atoms with Crippen LogP contribution in [-0.4, -0.2) is 86.0 Å². The second kappa shape index (κ2) is 17.6. The van der Waals surface area contributed by atoms with Crippen molar-refractivity contribution >= 4 is 46.3 Å². The van der Waals surface area contributed by atoms with E-state index < -0.39 is 0 Å². The van der Waals surface area contributed by atoms with Gasteiger partial charge in [-0.15, -0.1) is 0 Å². The zero-order valence-corrected chi connectivity index (χ0v) is 32.9. The van der Waals surface area contributed by atoms with Gasteiger partial charge in [0.05, 0.1) is 5.52 Å². The highest BCUT2D eigenvalue weighted by atomic mass is 32.2.